The molecule has 6 nitrogen and oxygen atoms in total. The number of carbonyl (C=O) groups excluding carboxylic acids is 2. The Morgan fingerprint density at radius 2 is 1.79 bits per heavy atom. The van der Waals surface area contributed by atoms with Gasteiger partial charge in [0, 0.05) is 17.3 Å². The molecule has 150 valence electrons. The third-order valence-electron chi connectivity index (χ3n) is 4.29. The van der Waals surface area contributed by atoms with Gasteiger partial charge in [-0.15, -0.1) is 0 Å². The molecule has 28 heavy (non-hydrogen) atoms. The van der Waals surface area contributed by atoms with E-state index in [0.717, 1.165) is 22.6 Å². The molecular weight excluding hydrogens is 378 g/mol. The van der Waals surface area contributed by atoms with Crippen molar-refractivity contribution in [3.05, 3.63) is 58.6 Å². The lowest BCUT2D eigenvalue weighted by Gasteiger charge is -2.17. The van der Waals surface area contributed by atoms with E-state index >= 15 is 0 Å². The Bertz CT molecular complexity index is 809. The van der Waals surface area contributed by atoms with Crippen LogP contribution in [0.25, 0.3) is 0 Å². The number of aryl methyl sites for hydroxylation is 1. The lowest BCUT2D eigenvalue weighted by Crippen LogP contribution is -2.40. The Hall–Kier alpha value is -2.57. The summed E-state index contributed by atoms with van der Waals surface area (Å²) in [7, 11) is 1.82. The lowest BCUT2D eigenvalue weighted by atomic mass is 10.1. The van der Waals surface area contributed by atoms with Crippen molar-refractivity contribution >= 4 is 29.1 Å². The zero-order chi connectivity index (χ0) is 20.5. The number of ether oxygens (including phenoxy) is 1. The third kappa shape index (κ3) is 7.21. The van der Waals surface area contributed by atoms with E-state index < -0.39 is 0 Å². The van der Waals surface area contributed by atoms with Crippen molar-refractivity contribution in [2.24, 2.45) is 0 Å². The first kappa shape index (κ1) is 21.7. The largest absolute Gasteiger partial charge is 0.492 e. The lowest BCUT2D eigenvalue weighted by molar-refractivity contribution is -0.124. The van der Waals surface area contributed by atoms with E-state index in [9.17, 15) is 9.59 Å². The van der Waals surface area contributed by atoms with Crippen LogP contribution in [0.3, 0.4) is 0 Å². The van der Waals surface area contributed by atoms with Crippen molar-refractivity contribution in [2.75, 3.05) is 38.6 Å². The Balaban J connectivity index is 1.66. The molecule has 2 aromatic rings. The van der Waals surface area contributed by atoms with Crippen LogP contribution in [0.4, 0.5) is 5.69 Å². The molecular formula is C21H26ClN3O3. The number of halogens is 1. The summed E-state index contributed by atoms with van der Waals surface area (Å²) < 4.78 is 5.60. The Morgan fingerprint density at radius 1 is 1.07 bits per heavy atom. The van der Waals surface area contributed by atoms with Crippen LogP contribution in [0.5, 0.6) is 5.75 Å². The van der Waals surface area contributed by atoms with Crippen LogP contribution in [-0.4, -0.2) is 50.0 Å². The van der Waals surface area contributed by atoms with Crippen molar-refractivity contribution in [1.29, 1.82) is 0 Å². The SMILES string of the molecule is Cc1cccc(NC(=O)CNC(=O)CN(C)CCOc2ccc(Cl)cc2)c1C. The number of benzene rings is 2. The highest BCUT2D eigenvalue weighted by molar-refractivity contribution is 6.30. The van der Waals surface area contributed by atoms with Gasteiger partial charge in [0.2, 0.25) is 11.8 Å². The fraction of sp³-hybridized carbons (Fsp3) is 0.333. The van der Waals surface area contributed by atoms with Gasteiger partial charge in [-0.1, -0.05) is 23.7 Å². The first-order valence-corrected chi connectivity index (χ1v) is 9.42. The number of hydrogen-bond acceptors (Lipinski definition) is 4. The highest BCUT2D eigenvalue weighted by Gasteiger charge is 2.10. The molecule has 2 rings (SSSR count). The highest BCUT2D eigenvalue weighted by Crippen LogP contribution is 2.17. The van der Waals surface area contributed by atoms with Gasteiger partial charge in [0.05, 0.1) is 13.1 Å². The van der Waals surface area contributed by atoms with E-state index in [0.29, 0.717) is 18.2 Å². The molecule has 0 fully saturated rings. The quantitative estimate of drug-likeness (QED) is 0.675. The van der Waals surface area contributed by atoms with Gasteiger partial charge in [0.1, 0.15) is 12.4 Å². The molecule has 0 unspecified atom stereocenters. The molecule has 0 saturated carbocycles. The van der Waals surface area contributed by atoms with E-state index in [1.807, 2.05) is 44.0 Å². The highest BCUT2D eigenvalue weighted by atomic mass is 35.5. The van der Waals surface area contributed by atoms with Crippen LogP contribution in [0, 0.1) is 13.8 Å². The maximum atomic E-state index is 12.1. The number of rotatable bonds is 9. The van der Waals surface area contributed by atoms with Crippen LogP contribution in [0.2, 0.25) is 5.02 Å². The monoisotopic (exact) mass is 403 g/mol. The number of nitrogens with zero attached hydrogens (tertiary/aromatic N) is 1. The van der Waals surface area contributed by atoms with E-state index in [-0.39, 0.29) is 24.9 Å². The second-order valence-corrected chi connectivity index (χ2v) is 7.05. The average molecular weight is 404 g/mol. The van der Waals surface area contributed by atoms with Gasteiger partial charge < -0.3 is 15.4 Å². The summed E-state index contributed by atoms with van der Waals surface area (Å²) >= 11 is 5.83. The molecule has 0 atom stereocenters. The summed E-state index contributed by atoms with van der Waals surface area (Å²) in [5.74, 6) is 0.256. The summed E-state index contributed by atoms with van der Waals surface area (Å²) in [6.45, 7) is 5.06. The van der Waals surface area contributed by atoms with Crippen LogP contribution < -0.4 is 15.4 Å². The standard InChI is InChI=1S/C21H26ClN3O3/c1-15-5-4-6-19(16(15)2)24-20(26)13-23-21(27)14-25(3)11-12-28-18-9-7-17(22)8-10-18/h4-10H,11-14H2,1-3H3,(H,23,27)(H,24,26). The van der Waals surface area contributed by atoms with E-state index in [1.54, 1.807) is 24.3 Å². The zero-order valence-corrected chi connectivity index (χ0v) is 17.2. The Kier molecular flexibility index (Phi) is 8.29. The molecule has 0 spiro atoms. The predicted octanol–water partition coefficient (Wildman–Crippen LogP) is 3.02. The number of anilines is 1. The number of amides is 2. The smallest absolute Gasteiger partial charge is 0.243 e. The number of likely N-dealkylation sites (N-methyl/N-ethyl adjacent to an activating group) is 1. The third-order valence-corrected chi connectivity index (χ3v) is 4.55. The predicted molar refractivity (Wildman–Crippen MR) is 112 cm³/mol. The summed E-state index contributed by atoms with van der Waals surface area (Å²) in [5, 5.41) is 6.11. The first-order valence-electron chi connectivity index (χ1n) is 9.05. The minimum atomic E-state index is -0.254. The van der Waals surface area contributed by atoms with Crippen LogP contribution in [0.15, 0.2) is 42.5 Å². The van der Waals surface area contributed by atoms with Crippen LogP contribution >= 0.6 is 11.6 Å². The molecule has 2 N–H and O–H groups in total. The minimum Gasteiger partial charge on any atom is -0.492 e. The van der Waals surface area contributed by atoms with Gasteiger partial charge in [-0.2, -0.15) is 0 Å². The molecule has 0 radical (unpaired) electrons. The maximum Gasteiger partial charge on any atom is 0.243 e. The van der Waals surface area contributed by atoms with Gasteiger partial charge in [0.25, 0.3) is 0 Å². The second-order valence-electron chi connectivity index (χ2n) is 6.61. The molecule has 0 aliphatic rings. The van der Waals surface area contributed by atoms with Crippen molar-refractivity contribution in [2.45, 2.75) is 13.8 Å². The maximum absolute atomic E-state index is 12.1. The van der Waals surface area contributed by atoms with Gasteiger partial charge in [-0.3, -0.25) is 14.5 Å². The molecule has 0 bridgehead atoms. The summed E-state index contributed by atoms with van der Waals surface area (Å²) in [6, 6.07) is 12.8. The molecule has 0 aliphatic carbocycles. The number of hydrogen-bond donors (Lipinski definition) is 2. The molecule has 0 heterocycles. The van der Waals surface area contributed by atoms with E-state index in [4.69, 9.17) is 16.3 Å². The zero-order valence-electron chi connectivity index (χ0n) is 16.4. The Morgan fingerprint density at radius 3 is 2.50 bits per heavy atom. The molecule has 7 heteroatoms. The van der Waals surface area contributed by atoms with Crippen LogP contribution in [-0.2, 0) is 9.59 Å². The Labute approximate surface area is 170 Å². The molecule has 2 aromatic carbocycles. The van der Waals surface area contributed by atoms with Crippen LogP contribution in [0.1, 0.15) is 11.1 Å². The molecule has 2 amide bonds. The van der Waals surface area contributed by atoms with Crippen molar-refractivity contribution < 1.29 is 14.3 Å². The van der Waals surface area contributed by atoms with E-state index in [1.165, 1.54) is 0 Å². The summed E-state index contributed by atoms with van der Waals surface area (Å²) in [4.78, 5) is 25.9. The number of carbonyl (C=O) groups is 2. The van der Waals surface area contributed by atoms with Gasteiger partial charge in [-0.25, -0.2) is 0 Å². The average Bonchev–Trinajstić information content (AvgIpc) is 2.65. The van der Waals surface area contributed by atoms with Gasteiger partial charge in [0.15, 0.2) is 0 Å². The topological polar surface area (TPSA) is 70.7 Å². The molecule has 0 aliphatic heterocycles. The first-order chi connectivity index (χ1) is 13.3. The number of nitrogens with one attached hydrogen (secondary N) is 2. The van der Waals surface area contributed by atoms with Crippen molar-refractivity contribution in [3.63, 3.8) is 0 Å². The fourth-order valence-corrected chi connectivity index (χ4v) is 2.62. The molecule has 0 saturated heterocycles. The summed E-state index contributed by atoms with van der Waals surface area (Å²) in [6.07, 6.45) is 0. The minimum absolute atomic E-state index is 0.0681. The van der Waals surface area contributed by atoms with E-state index in [2.05, 4.69) is 10.6 Å². The van der Waals surface area contributed by atoms with Crippen molar-refractivity contribution in [1.82, 2.24) is 10.2 Å². The van der Waals surface area contributed by atoms with Crippen molar-refractivity contribution in [3.8, 4) is 5.75 Å². The second kappa shape index (κ2) is 10.7. The normalized spacial score (nSPS) is 10.6. The molecule has 0 aromatic heterocycles. The van der Waals surface area contributed by atoms with Gasteiger partial charge >= 0.3 is 0 Å². The summed E-state index contributed by atoms with van der Waals surface area (Å²) in [5.41, 5.74) is 2.88. The fourth-order valence-electron chi connectivity index (χ4n) is 2.49. The van der Waals surface area contributed by atoms with Gasteiger partial charge in [-0.05, 0) is 62.4 Å².